The monoisotopic (exact) mass is 348 g/mol. The Morgan fingerprint density at radius 2 is 1.81 bits per heavy atom. The first-order valence-corrected chi connectivity index (χ1v) is 8.60. The molecule has 6 heteroatoms. The van der Waals surface area contributed by atoms with Gasteiger partial charge in [-0.2, -0.15) is 0 Å². The van der Waals surface area contributed by atoms with Crippen molar-refractivity contribution in [2.75, 3.05) is 0 Å². The summed E-state index contributed by atoms with van der Waals surface area (Å²) in [4.78, 5) is 14.5. The second-order valence-corrected chi connectivity index (χ2v) is 6.54. The summed E-state index contributed by atoms with van der Waals surface area (Å²) < 4.78 is 5.72. The summed E-state index contributed by atoms with van der Waals surface area (Å²) in [6.07, 6.45) is 0.689. The van der Waals surface area contributed by atoms with Gasteiger partial charge in [0.15, 0.2) is 0 Å². The van der Waals surface area contributed by atoms with Gasteiger partial charge in [0, 0.05) is 13.5 Å². The Bertz CT molecular complexity index is 922. The van der Waals surface area contributed by atoms with Gasteiger partial charge < -0.3 is 10.2 Å². The van der Waals surface area contributed by atoms with Crippen molar-refractivity contribution in [1.82, 2.24) is 15.1 Å². The molecule has 26 heavy (non-hydrogen) atoms. The molecule has 1 aliphatic heterocycles. The number of primary amides is 1. The van der Waals surface area contributed by atoms with E-state index in [1.54, 1.807) is 6.92 Å². The van der Waals surface area contributed by atoms with E-state index in [1.165, 1.54) is 11.1 Å². The van der Waals surface area contributed by atoms with Crippen molar-refractivity contribution >= 4 is 5.91 Å². The number of aryl methyl sites for hydroxylation is 1. The lowest BCUT2D eigenvalue weighted by Gasteiger charge is -2.39. The SMILES string of the molecule is Cc1nnc(C2Cc3ccccc3CN2C(C(N)=O)c2ccccc2)o1. The minimum Gasteiger partial charge on any atom is -0.424 e. The number of carbonyl (C=O) groups excluding carboxylic acids is 1. The van der Waals surface area contributed by atoms with E-state index in [0.29, 0.717) is 24.7 Å². The Labute approximate surface area is 151 Å². The zero-order chi connectivity index (χ0) is 18.1. The molecule has 2 atom stereocenters. The maximum Gasteiger partial charge on any atom is 0.239 e. The standard InChI is InChI=1S/C20H20N4O2/c1-13-22-23-20(26-13)17-11-15-9-5-6-10-16(15)12-24(17)18(19(21)25)14-7-3-2-4-8-14/h2-10,17-18H,11-12H2,1H3,(H2,21,25). The van der Waals surface area contributed by atoms with E-state index in [4.69, 9.17) is 10.2 Å². The van der Waals surface area contributed by atoms with Gasteiger partial charge in [0.1, 0.15) is 6.04 Å². The fourth-order valence-electron chi connectivity index (χ4n) is 3.64. The van der Waals surface area contributed by atoms with Crippen LogP contribution in [0.2, 0.25) is 0 Å². The van der Waals surface area contributed by atoms with Gasteiger partial charge in [0.05, 0.1) is 6.04 Å². The van der Waals surface area contributed by atoms with Gasteiger partial charge in [-0.05, 0) is 23.1 Å². The highest BCUT2D eigenvalue weighted by molar-refractivity contribution is 5.81. The van der Waals surface area contributed by atoms with E-state index in [9.17, 15) is 4.79 Å². The van der Waals surface area contributed by atoms with Gasteiger partial charge in [0.2, 0.25) is 17.7 Å². The minimum atomic E-state index is -0.568. The molecular formula is C20H20N4O2. The van der Waals surface area contributed by atoms with Crippen LogP contribution in [-0.2, 0) is 17.8 Å². The predicted octanol–water partition coefficient (Wildman–Crippen LogP) is 2.70. The van der Waals surface area contributed by atoms with E-state index < -0.39 is 11.9 Å². The van der Waals surface area contributed by atoms with Gasteiger partial charge >= 0.3 is 0 Å². The lowest BCUT2D eigenvalue weighted by atomic mass is 9.90. The number of rotatable bonds is 4. The largest absolute Gasteiger partial charge is 0.424 e. The highest BCUT2D eigenvalue weighted by Gasteiger charge is 2.38. The first kappa shape index (κ1) is 16.5. The molecule has 2 heterocycles. The van der Waals surface area contributed by atoms with Crippen LogP contribution in [0, 0.1) is 6.92 Å². The van der Waals surface area contributed by atoms with Gasteiger partial charge in [0.25, 0.3) is 0 Å². The summed E-state index contributed by atoms with van der Waals surface area (Å²) in [5, 5.41) is 8.19. The van der Waals surface area contributed by atoms with Crippen LogP contribution in [0.1, 0.15) is 40.6 Å². The first-order valence-electron chi connectivity index (χ1n) is 8.60. The molecular weight excluding hydrogens is 328 g/mol. The lowest BCUT2D eigenvalue weighted by Crippen LogP contribution is -2.43. The van der Waals surface area contributed by atoms with Crippen molar-refractivity contribution in [3.05, 3.63) is 83.1 Å². The number of benzene rings is 2. The fraction of sp³-hybridized carbons (Fsp3) is 0.250. The Balaban J connectivity index is 1.80. The molecule has 1 aliphatic rings. The molecule has 132 valence electrons. The highest BCUT2D eigenvalue weighted by Crippen LogP contribution is 2.38. The summed E-state index contributed by atoms with van der Waals surface area (Å²) in [6, 6.07) is 17.0. The van der Waals surface area contributed by atoms with Crippen LogP contribution in [0.15, 0.2) is 59.0 Å². The van der Waals surface area contributed by atoms with E-state index in [-0.39, 0.29) is 6.04 Å². The fourth-order valence-corrected chi connectivity index (χ4v) is 3.64. The average molecular weight is 348 g/mol. The van der Waals surface area contributed by atoms with Crippen LogP contribution < -0.4 is 5.73 Å². The molecule has 0 aliphatic carbocycles. The third kappa shape index (κ3) is 2.99. The second kappa shape index (κ2) is 6.72. The summed E-state index contributed by atoms with van der Waals surface area (Å²) in [7, 11) is 0. The normalized spacial score (nSPS) is 18.3. The molecule has 0 bridgehead atoms. The van der Waals surface area contributed by atoms with Crippen molar-refractivity contribution in [3.63, 3.8) is 0 Å². The van der Waals surface area contributed by atoms with E-state index in [0.717, 1.165) is 5.56 Å². The number of nitrogens with zero attached hydrogens (tertiary/aromatic N) is 3. The van der Waals surface area contributed by atoms with Crippen LogP contribution in [0.4, 0.5) is 0 Å². The van der Waals surface area contributed by atoms with Crippen LogP contribution >= 0.6 is 0 Å². The first-order chi connectivity index (χ1) is 12.6. The molecule has 1 amide bonds. The Kier molecular flexibility index (Phi) is 4.26. The summed E-state index contributed by atoms with van der Waals surface area (Å²) in [5.41, 5.74) is 9.09. The molecule has 0 fully saturated rings. The molecule has 4 rings (SSSR count). The Hall–Kier alpha value is -2.99. The number of amides is 1. The van der Waals surface area contributed by atoms with E-state index in [2.05, 4.69) is 27.2 Å². The molecule has 0 spiro atoms. The van der Waals surface area contributed by atoms with Crippen molar-refractivity contribution in [2.24, 2.45) is 5.73 Å². The molecule has 3 aromatic rings. The predicted molar refractivity (Wildman–Crippen MR) is 95.8 cm³/mol. The maximum absolute atomic E-state index is 12.4. The number of hydrogen-bond donors (Lipinski definition) is 1. The van der Waals surface area contributed by atoms with E-state index >= 15 is 0 Å². The summed E-state index contributed by atoms with van der Waals surface area (Å²) >= 11 is 0. The van der Waals surface area contributed by atoms with Crippen molar-refractivity contribution in [2.45, 2.75) is 32.0 Å². The zero-order valence-corrected chi connectivity index (χ0v) is 14.5. The van der Waals surface area contributed by atoms with Crippen LogP contribution in [-0.4, -0.2) is 21.0 Å². The number of hydrogen-bond acceptors (Lipinski definition) is 5. The number of fused-ring (bicyclic) bond motifs is 1. The Morgan fingerprint density at radius 3 is 2.46 bits per heavy atom. The lowest BCUT2D eigenvalue weighted by molar-refractivity contribution is -0.125. The van der Waals surface area contributed by atoms with Gasteiger partial charge in [-0.15, -0.1) is 10.2 Å². The number of nitrogens with two attached hydrogens (primary N) is 1. The molecule has 0 saturated heterocycles. The Morgan fingerprint density at radius 1 is 1.12 bits per heavy atom. The smallest absolute Gasteiger partial charge is 0.239 e. The van der Waals surface area contributed by atoms with Crippen molar-refractivity contribution in [1.29, 1.82) is 0 Å². The van der Waals surface area contributed by atoms with Crippen molar-refractivity contribution in [3.8, 4) is 0 Å². The van der Waals surface area contributed by atoms with Gasteiger partial charge in [-0.3, -0.25) is 9.69 Å². The third-order valence-corrected chi connectivity index (χ3v) is 4.83. The highest BCUT2D eigenvalue weighted by atomic mass is 16.4. The number of carbonyl (C=O) groups is 1. The van der Waals surface area contributed by atoms with Gasteiger partial charge in [-0.1, -0.05) is 54.6 Å². The maximum atomic E-state index is 12.4. The van der Waals surface area contributed by atoms with Crippen LogP contribution in [0.5, 0.6) is 0 Å². The zero-order valence-electron chi connectivity index (χ0n) is 14.5. The molecule has 0 radical (unpaired) electrons. The molecule has 2 N–H and O–H groups in total. The molecule has 2 aromatic carbocycles. The third-order valence-electron chi connectivity index (χ3n) is 4.83. The van der Waals surface area contributed by atoms with Crippen molar-refractivity contribution < 1.29 is 9.21 Å². The van der Waals surface area contributed by atoms with Crippen LogP contribution in [0.25, 0.3) is 0 Å². The minimum absolute atomic E-state index is 0.205. The van der Waals surface area contributed by atoms with Crippen LogP contribution in [0.3, 0.4) is 0 Å². The molecule has 0 saturated carbocycles. The quantitative estimate of drug-likeness (QED) is 0.783. The second-order valence-electron chi connectivity index (χ2n) is 6.54. The molecule has 2 unspecified atom stereocenters. The summed E-state index contributed by atoms with van der Waals surface area (Å²) in [5.74, 6) is 0.630. The molecule has 6 nitrogen and oxygen atoms in total. The van der Waals surface area contributed by atoms with Gasteiger partial charge in [-0.25, -0.2) is 0 Å². The molecule has 1 aromatic heterocycles. The average Bonchev–Trinajstić information content (AvgIpc) is 3.08. The topological polar surface area (TPSA) is 85.3 Å². The number of aromatic nitrogens is 2. The van der Waals surface area contributed by atoms with E-state index in [1.807, 2.05) is 42.5 Å². The summed E-state index contributed by atoms with van der Waals surface area (Å²) in [6.45, 7) is 2.35.